The van der Waals surface area contributed by atoms with Gasteiger partial charge in [-0.05, 0) is 19.9 Å². The van der Waals surface area contributed by atoms with Crippen LogP contribution in [0.3, 0.4) is 0 Å². The first-order valence-corrected chi connectivity index (χ1v) is 5.01. The molecule has 2 N–H and O–H groups in total. The number of nitrogens with zero attached hydrogens (tertiary/aromatic N) is 2. The predicted molar refractivity (Wildman–Crippen MR) is 58.9 cm³/mol. The van der Waals surface area contributed by atoms with E-state index in [9.17, 15) is 0 Å². The first-order valence-electron chi connectivity index (χ1n) is 4.63. The number of hydrogen-bond acceptors (Lipinski definition) is 3. The van der Waals surface area contributed by atoms with E-state index in [2.05, 4.69) is 5.10 Å². The van der Waals surface area contributed by atoms with Crippen molar-refractivity contribution < 1.29 is 4.42 Å². The first kappa shape index (κ1) is 10.1. The normalized spacial score (nSPS) is 13.0. The number of halogens is 1. The van der Waals surface area contributed by atoms with Crippen LogP contribution in [0.5, 0.6) is 0 Å². The summed E-state index contributed by atoms with van der Waals surface area (Å²) in [5, 5.41) is 4.80. The van der Waals surface area contributed by atoms with Crippen LogP contribution in [-0.4, -0.2) is 9.78 Å². The van der Waals surface area contributed by atoms with Crippen LogP contribution in [0, 0.1) is 6.92 Å². The van der Waals surface area contributed by atoms with Crippen molar-refractivity contribution in [3.8, 4) is 0 Å². The summed E-state index contributed by atoms with van der Waals surface area (Å²) in [6.07, 6.45) is 3.30. The van der Waals surface area contributed by atoms with Gasteiger partial charge >= 0.3 is 0 Å². The molecule has 0 spiro atoms. The Balaban J connectivity index is 2.42. The van der Waals surface area contributed by atoms with Crippen LogP contribution in [0.4, 0.5) is 5.82 Å². The largest absolute Gasteiger partial charge is 0.472 e. The summed E-state index contributed by atoms with van der Waals surface area (Å²) >= 11 is 5.97. The molecule has 1 atom stereocenters. The zero-order valence-corrected chi connectivity index (χ0v) is 9.32. The lowest BCUT2D eigenvalue weighted by atomic mass is 10.2. The molecule has 2 aromatic heterocycles. The maximum Gasteiger partial charge on any atom is 0.141 e. The van der Waals surface area contributed by atoms with Gasteiger partial charge in [-0.3, -0.25) is 0 Å². The Kier molecular flexibility index (Phi) is 2.44. The Morgan fingerprint density at radius 2 is 2.33 bits per heavy atom. The third kappa shape index (κ3) is 1.61. The molecule has 0 aliphatic heterocycles. The van der Waals surface area contributed by atoms with Crippen molar-refractivity contribution in [2.75, 3.05) is 5.73 Å². The zero-order chi connectivity index (χ0) is 11.0. The van der Waals surface area contributed by atoms with Gasteiger partial charge in [-0.25, -0.2) is 4.68 Å². The molecule has 15 heavy (non-hydrogen) atoms. The molecule has 4 nitrogen and oxygen atoms in total. The average molecular weight is 226 g/mol. The number of aromatic nitrogens is 2. The Morgan fingerprint density at radius 1 is 1.60 bits per heavy atom. The van der Waals surface area contributed by atoms with Gasteiger partial charge in [-0.15, -0.1) is 0 Å². The SMILES string of the molecule is Cc1nn(C(C)c2ccoc2)c(N)c1Cl. The summed E-state index contributed by atoms with van der Waals surface area (Å²) in [5.74, 6) is 0.489. The number of aryl methyl sites for hydroxylation is 1. The Morgan fingerprint density at radius 3 is 2.80 bits per heavy atom. The van der Waals surface area contributed by atoms with Crippen LogP contribution in [0.25, 0.3) is 0 Å². The minimum atomic E-state index is 0.0231. The topological polar surface area (TPSA) is 57.0 Å². The standard InChI is InChI=1S/C10H12ClN3O/c1-6-9(11)10(12)14(13-6)7(2)8-3-4-15-5-8/h3-5,7H,12H2,1-2H3. The van der Waals surface area contributed by atoms with E-state index in [1.54, 1.807) is 17.2 Å². The maximum atomic E-state index is 5.97. The van der Waals surface area contributed by atoms with Crippen LogP contribution in [-0.2, 0) is 0 Å². The molecule has 5 heteroatoms. The van der Waals surface area contributed by atoms with Gasteiger partial charge < -0.3 is 10.2 Å². The number of furan rings is 1. The quantitative estimate of drug-likeness (QED) is 0.855. The van der Waals surface area contributed by atoms with Crippen molar-refractivity contribution in [1.29, 1.82) is 0 Å². The number of hydrogen-bond donors (Lipinski definition) is 1. The van der Waals surface area contributed by atoms with Gasteiger partial charge in [0.25, 0.3) is 0 Å². The minimum absolute atomic E-state index is 0.0231. The molecule has 0 saturated heterocycles. The second kappa shape index (κ2) is 3.62. The molecule has 80 valence electrons. The molecule has 0 aromatic carbocycles. The van der Waals surface area contributed by atoms with Gasteiger partial charge in [0, 0.05) is 5.56 Å². The van der Waals surface area contributed by atoms with Crippen molar-refractivity contribution in [3.63, 3.8) is 0 Å². The van der Waals surface area contributed by atoms with Crippen LogP contribution < -0.4 is 5.73 Å². The molecule has 2 rings (SSSR count). The first-order chi connectivity index (χ1) is 7.11. The van der Waals surface area contributed by atoms with E-state index in [1.165, 1.54) is 0 Å². The van der Waals surface area contributed by atoms with Crippen molar-refractivity contribution in [1.82, 2.24) is 9.78 Å². The van der Waals surface area contributed by atoms with Crippen LogP contribution in [0.1, 0.15) is 24.2 Å². The molecular weight excluding hydrogens is 214 g/mol. The van der Waals surface area contributed by atoms with E-state index < -0.39 is 0 Å². The van der Waals surface area contributed by atoms with Crippen molar-refractivity contribution >= 4 is 17.4 Å². The fraction of sp³-hybridized carbons (Fsp3) is 0.300. The van der Waals surface area contributed by atoms with E-state index >= 15 is 0 Å². The average Bonchev–Trinajstić information content (AvgIpc) is 2.82. The highest BCUT2D eigenvalue weighted by molar-refractivity contribution is 6.33. The molecule has 0 aliphatic rings. The van der Waals surface area contributed by atoms with Crippen molar-refractivity contribution in [3.05, 3.63) is 34.9 Å². The molecule has 1 unspecified atom stereocenters. The summed E-state index contributed by atoms with van der Waals surface area (Å²) in [7, 11) is 0. The lowest BCUT2D eigenvalue weighted by molar-refractivity contribution is 0.535. The highest BCUT2D eigenvalue weighted by Crippen LogP contribution is 2.28. The number of anilines is 1. The van der Waals surface area contributed by atoms with Gasteiger partial charge in [0.2, 0.25) is 0 Å². The van der Waals surface area contributed by atoms with Crippen LogP contribution in [0.2, 0.25) is 5.02 Å². The van der Waals surface area contributed by atoms with E-state index in [4.69, 9.17) is 21.8 Å². The van der Waals surface area contributed by atoms with Crippen LogP contribution >= 0.6 is 11.6 Å². The highest BCUT2D eigenvalue weighted by Gasteiger charge is 2.16. The van der Waals surface area contributed by atoms with Gasteiger partial charge in [0.1, 0.15) is 10.8 Å². The van der Waals surface area contributed by atoms with Gasteiger partial charge in [0.05, 0.1) is 24.3 Å². The molecule has 0 bridgehead atoms. The smallest absolute Gasteiger partial charge is 0.141 e. The molecule has 0 radical (unpaired) electrons. The maximum absolute atomic E-state index is 5.97. The Hall–Kier alpha value is -1.42. The highest BCUT2D eigenvalue weighted by atomic mass is 35.5. The summed E-state index contributed by atoms with van der Waals surface area (Å²) in [6.45, 7) is 3.82. The monoisotopic (exact) mass is 225 g/mol. The molecule has 0 aliphatic carbocycles. The molecule has 2 aromatic rings. The summed E-state index contributed by atoms with van der Waals surface area (Å²) in [5.41, 5.74) is 7.60. The van der Waals surface area contributed by atoms with Crippen molar-refractivity contribution in [2.45, 2.75) is 19.9 Å². The number of nitrogens with two attached hydrogens (primary N) is 1. The Bertz CT molecular complexity index is 461. The molecule has 0 fully saturated rings. The minimum Gasteiger partial charge on any atom is -0.472 e. The second-order valence-electron chi connectivity index (χ2n) is 3.46. The van der Waals surface area contributed by atoms with Gasteiger partial charge in [0.15, 0.2) is 0 Å². The lowest BCUT2D eigenvalue weighted by Gasteiger charge is -2.11. The van der Waals surface area contributed by atoms with Gasteiger partial charge in [-0.2, -0.15) is 5.10 Å². The van der Waals surface area contributed by atoms with E-state index in [1.807, 2.05) is 19.9 Å². The zero-order valence-electron chi connectivity index (χ0n) is 8.57. The Labute approximate surface area is 92.6 Å². The predicted octanol–water partition coefficient (Wildman–Crippen LogP) is 2.63. The lowest BCUT2D eigenvalue weighted by Crippen LogP contribution is -2.10. The molecule has 0 saturated carbocycles. The second-order valence-corrected chi connectivity index (χ2v) is 3.84. The summed E-state index contributed by atoms with van der Waals surface area (Å²) in [6, 6.07) is 1.91. The molecule has 0 amide bonds. The third-order valence-corrected chi connectivity index (χ3v) is 2.91. The number of nitrogen functional groups attached to an aromatic ring is 1. The van der Waals surface area contributed by atoms with Crippen molar-refractivity contribution in [2.24, 2.45) is 0 Å². The summed E-state index contributed by atoms with van der Waals surface area (Å²) < 4.78 is 6.72. The fourth-order valence-corrected chi connectivity index (χ4v) is 1.62. The van der Waals surface area contributed by atoms with Gasteiger partial charge in [-0.1, -0.05) is 11.6 Å². The van der Waals surface area contributed by atoms with E-state index in [0.717, 1.165) is 11.3 Å². The molecule has 2 heterocycles. The van der Waals surface area contributed by atoms with E-state index in [0.29, 0.717) is 10.8 Å². The fourth-order valence-electron chi connectivity index (χ4n) is 1.49. The number of rotatable bonds is 2. The van der Waals surface area contributed by atoms with Crippen LogP contribution in [0.15, 0.2) is 23.0 Å². The molecular formula is C10H12ClN3O. The van der Waals surface area contributed by atoms with E-state index in [-0.39, 0.29) is 6.04 Å². The summed E-state index contributed by atoms with van der Waals surface area (Å²) in [4.78, 5) is 0. The third-order valence-electron chi connectivity index (χ3n) is 2.44.